The van der Waals surface area contributed by atoms with Gasteiger partial charge in [0.1, 0.15) is 0 Å². The van der Waals surface area contributed by atoms with Crippen LogP contribution in [0.4, 0.5) is 0 Å². The van der Waals surface area contributed by atoms with Crippen LogP contribution in [0.2, 0.25) is 0 Å². The summed E-state index contributed by atoms with van der Waals surface area (Å²) in [5, 5.41) is 24.3. The smallest absolute Gasteiger partial charge is 0.317 e. The van der Waals surface area contributed by atoms with E-state index >= 15 is 0 Å². The van der Waals surface area contributed by atoms with E-state index in [0.717, 1.165) is 22.3 Å². The highest BCUT2D eigenvalue weighted by Crippen LogP contribution is 2.33. The van der Waals surface area contributed by atoms with Gasteiger partial charge in [0, 0.05) is 18.0 Å². The fourth-order valence-corrected chi connectivity index (χ4v) is 7.93. The maximum absolute atomic E-state index is 10.9. The van der Waals surface area contributed by atoms with Gasteiger partial charge >= 0.3 is 11.9 Å². The highest BCUT2D eigenvalue weighted by Gasteiger charge is 2.13. The van der Waals surface area contributed by atoms with Crippen LogP contribution in [-0.4, -0.2) is 72.2 Å². The van der Waals surface area contributed by atoms with E-state index in [1.54, 1.807) is 32.5 Å². The molecular formula is C47H48N2O4S2. The summed E-state index contributed by atoms with van der Waals surface area (Å²) in [6.07, 6.45) is 4.24. The molecule has 0 fully saturated rings. The molecule has 2 heterocycles. The van der Waals surface area contributed by atoms with Crippen LogP contribution in [0.1, 0.15) is 38.3 Å². The first-order chi connectivity index (χ1) is 26.5. The molecule has 6 aromatic rings. The molecule has 8 heteroatoms. The molecule has 0 amide bonds. The van der Waals surface area contributed by atoms with Crippen molar-refractivity contribution in [3.63, 3.8) is 0 Å². The van der Waals surface area contributed by atoms with Gasteiger partial charge in [0.15, 0.2) is 0 Å². The van der Waals surface area contributed by atoms with Crippen molar-refractivity contribution in [3.8, 4) is 22.3 Å². The van der Waals surface area contributed by atoms with E-state index in [2.05, 4.69) is 146 Å². The molecule has 2 aromatic heterocycles. The van der Waals surface area contributed by atoms with E-state index in [4.69, 9.17) is 10.2 Å². The van der Waals surface area contributed by atoms with Crippen molar-refractivity contribution in [2.75, 3.05) is 40.3 Å². The van der Waals surface area contributed by atoms with Crippen LogP contribution in [0.15, 0.2) is 137 Å². The highest BCUT2D eigenvalue weighted by molar-refractivity contribution is 7.11. The maximum Gasteiger partial charge on any atom is 0.317 e. The predicted molar refractivity (Wildman–Crippen MR) is 231 cm³/mol. The molecule has 0 saturated heterocycles. The molecule has 0 aliphatic rings. The lowest BCUT2D eigenvalue weighted by molar-refractivity contribution is -0.138. The average Bonchev–Trinajstić information content (AvgIpc) is 3.85. The fourth-order valence-electron chi connectivity index (χ4n) is 6.27. The van der Waals surface area contributed by atoms with Gasteiger partial charge in [0.25, 0.3) is 0 Å². The standard InChI is InChI=1S/C24H25NO2S.C23H23NO2S/c1-17-5-4-6-21(15-17)19-7-9-20(10-8-19)22(24-18(2)12-14-28-24)11-13-25(3)16-23(26)27;1-17-5-3-4-6-21(17)22(11-13-24(2)15-23(25)26)19-9-7-18(8-10-19)20-12-14-27-16-20/h4-12,14-15H,13,16H2,1-3H3,(H,26,27);3-12,14,16H,13,15H2,1-2H3,(H,25,26)/b2*22-11-. The van der Waals surface area contributed by atoms with Crippen molar-refractivity contribution in [2.45, 2.75) is 20.8 Å². The van der Waals surface area contributed by atoms with Crippen molar-refractivity contribution >= 4 is 45.8 Å². The summed E-state index contributed by atoms with van der Waals surface area (Å²) in [4.78, 5) is 26.7. The van der Waals surface area contributed by atoms with Crippen molar-refractivity contribution in [1.29, 1.82) is 0 Å². The van der Waals surface area contributed by atoms with E-state index in [1.807, 2.05) is 26.2 Å². The molecule has 0 aliphatic heterocycles. The number of thiophene rings is 2. The van der Waals surface area contributed by atoms with Gasteiger partial charge in [0.2, 0.25) is 0 Å². The van der Waals surface area contributed by atoms with Crippen LogP contribution in [0.3, 0.4) is 0 Å². The number of aliphatic carboxylic acids is 2. The number of carbonyl (C=O) groups is 2. The molecule has 0 aliphatic carbocycles. The minimum absolute atomic E-state index is 0.0225. The molecule has 0 bridgehead atoms. The largest absolute Gasteiger partial charge is 0.480 e. The van der Waals surface area contributed by atoms with E-state index in [-0.39, 0.29) is 13.1 Å². The third-order valence-electron chi connectivity index (χ3n) is 9.16. The third-order valence-corrected chi connectivity index (χ3v) is 10.9. The van der Waals surface area contributed by atoms with Gasteiger partial charge in [-0.3, -0.25) is 19.4 Å². The molecule has 0 unspecified atom stereocenters. The van der Waals surface area contributed by atoms with Crippen LogP contribution in [0.25, 0.3) is 33.4 Å². The lowest BCUT2D eigenvalue weighted by Gasteiger charge is -2.16. The molecule has 55 heavy (non-hydrogen) atoms. The Bertz CT molecular complexity index is 2230. The summed E-state index contributed by atoms with van der Waals surface area (Å²) in [7, 11) is 3.64. The second-order valence-corrected chi connectivity index (χ2v) is 15.4. The van der Waals surface area contributed by atoms with Crippen molar-refractivity contribution in [1.82, 2.24) is 9.80 Å². The molecule has 0 saturated carbocycles. The Balaban J connectivity index is 0.000000211. The molecule has 4 aromatic carbocycles. The molecule has 282 valence electrons. The quantitative estimate of drug-likeness (QED) is 0.115. The normalized spacial score (nSPS) is 11.8. The lowest BCUT2D eigenvalue weighted by Crippen LogP contribution is -2.25. The first kappa shape index (κ1) is 40.8. The SMILES string of the molecule is Cc1cccc(-c2ccc(/C(=C/CN(C)CC(=O)O)c3sccc3C)cc2)c1.Cc1ccccc1/C(=C\CN(C)CC(=O)O)c1ccc(-c2ccsc2)cc1. The van der Waals surface area contributed by atoms with Crippen LogP contribution in [0.5, 0.6) is 0 Å². The van der Waals surface area contributed by atoms with Gasteiger partial charge in [-0.2, -0.15) is 11.3 Å². The van der Waals surface area contributed by atoms with Crippen molar-refractivity contribution < 1.29 is 19.8 Å². The molecule has 6 nitrogen and oxygen atoms in total. The summed E-state index contributed by atoms with van der Waals surface area (Å²) in [6, 6.07) is 38.2. The molecular weight excluding hydrogens is 721 g/mol. The Morgan fingerprint density at radius 1 is 0.600 bits per heavy atom. The zero-order valence-corrected chi connectivity index (χ0v) is 33.7. The number of carboxylic acids is 2. The zero-order valence-electron chi connectivity index (χ0n) is 32.0. The second kappa shape index (κ2) is 19.8. The number of carboxylic acid groups (broad SMARTS) is 2. The summed E-state index contributed by atoms with van der Waals surface area (Å²) >= 11 is 3.41. The Morgan fingerprint density at radius 2 is 1.18 bits per heavy atom. The number of aryl methyl sites for hydroxylation is 3. The summed E-state index contributed by atoms with van der Waals surface area (Å²) in [5.74, 6) is -1.63. The number of rotatable bonds is 14. The lowest BCUT2D eigenvalue weighted by atomic mass is 9.93. The Morgan fingerprint density at radius 3 is 1.71 bits per heavy atom. The van der Waals surface area contributed by atoms with Crippen LogP contribution < -0.4 is 0 Å². The second-order valence-electron chi connectivity index (χ2n) is 13.7. The third kappa shape index (κ3) is 11.8. The van der Waals surface area contributed by atoms with Gasteiger partial charge in [-0.25, -0.2) is 0 Å². The first-order valence-corrected chi connectivity index (χ1v) is 19.9. The minimum atomic E-state index is -0.816. The predicted octanol–water partition coefficient (Wildman–Crippen LogP) is 10.7. The highest BCUT2D eigenvalue weighted by atomic mass is 32.1. The first-order valence-electron chi connectivity index (χ1n) is 18.1. The van der Waals surface area contributed by atoms with E-state index in [9.17, 15) is 9.59 Å². The number of hydrogen-bond acceptors (Lipinski definition) is 6. The minimum Gasteiger partial charge on any atom is -0.480 e. The summed E-state index contributed by atoms with van der Waals surface area (Å²) in [5.41, 5.74) is 14.2. The van der Waals surface area contributed by atoms with E-state index < -0.39 is 11.9 Å². The van der Waals surface area contributed by atoms with E-state index in [1.165, 1.54) is 49.4 Å². The Labute approximate surface area is 333 Å². The zero-order chi connectivity index (χ0) is 39.3. The van der Waals surface area contributed by atoms with Gasteiger partial charge in [-0.05, 0) is 124 Å². The average molecular weight is 769 g/mol. The number of likely N-dealkylation sites (N-methyl/N-ethyl adjacent to an activating group) is 2. The maximum atomic E-state index is 10.9. The van der Waals surface area contributed by atoms with Gasteiger partial charge < -0.3 is 10.2 Å². The van der Waals surface area contributed by atoms with Crippen molar-refractivity contribution in [3.05, 3.63) is 176 Å². The van der Waals surface area contributed by atoms with Crippen LogP contribution in [-0.2, 0) is 9.59 Å². The molecule has 0 atom stereocenters. The number of nitrogens with zero attached hydrogens (tertiary/aromatic N) is 2. The molecule has 0 spiro atoms. The monoisotopic (exact) mass is 768 g/mol. The topological polar surface area (TPSA) is 81.1 Å². The summed E-state index contributed by atoms with van der Waals surface area (Å²) in [6.45, 7) is 7.52. The van der Waals surface area contributed by atoms with Gasteiger partial charge in [-0.1, -0.05) is 115 Å². The summed E-state index contributed by atoms with van der Waals surface area (Å²) < 4.78 is 0. The molecule has 2 N–H and O–H groups in total. The Kier molecular flexibility index (Phi) is 14.7. The van der Waals surface area contributed by atoms with Crippen molar-refractivity contribution in [2.24, 2.45) is 0 Å². The molecule has 6 rings (SSSR count). The number of hydrogen-bond donors (Lipinski definition) is 2. The molecule has 0 radical (unpaired) electrons. The van der Waals surface area contributed by atoms with Crippen LogP contribution in [0, 0.1) is 20.8 Å². The van der Waals surface area contributed by atoms with Gasteiger partial charge in [0.05, 0.1) is 13.1 Å². The number of benzene rings is 4. The van der Waals surface area contributed by atoms with Crippen LogP contribution >= 0.6 is 22.7 Å². The van der Waals surface area contributed by atoms with E-state index in [0.29, 0.717) is 13.1 Å². The van der Waals surface area contributed by atoms with Gasteiger partial charge in [-0.15, -0.1) is 11.3 Å². The Hall–Kier alpha value is -5.38. The fraction of sp³-hybridized carbons (Fsp3) is 0.191.